The van der Waals surface area contributed by atoms with Crippen molar-refractivity contribution in [2.24, 2.45) is 0 Å². The van der Waals surface area contributed by atoms with Crippen molar-refractivity contribution in [2.45, 2.75) is 17.0 Å². The van der Waals surface area contributed by atoms with Crippen LogP contribution in [-0.2, 0) is 5.75 Å². The monoisotopic (exact) mass is 433 g/mol. The Bertz CT molecular complexity index is 1030. The molecule has 0 aliphatic rings. The summed E-state index contributed by atoms with van der Waals surface area (Å²) in [4.78, 5) is 23.1. The van der Waals surface area contributed by atoms with Crippen molar-refractivity contribution in [3.05, 3.63) is 69.5 Å². The summed E-state index contributed by atoms with van der Waals surface area (Å²) in [6.07, 6.45) is 0. The molecule has 0 unspecified atom stereocenters. The number of anilines is 2. The zero-order valence-corrected chi connectivity index (χ0v) is 16.8. The number of rotatable bonds is 8. The van der Waals surface area contributed by atoms with Gasteiger partial charge in [0.05, 0.1) is 4.92 Å². The van der Waals surface area contributed by atoms with Gasteiger partial charge in [0.1, 0.15) is 11.5 Å². The predicted molar refractivity (Wildman–Crippen MR) is 111 cm³/mol. The molecule has 1 heterocycles. The molecule has 29 heavy (non-hydrogen) atoms. The Morgan fingerprint density at radius 3 is 2.69 bits per heavy atom. The fourth-order valence-electron chi connectivity index (χ4n) is 2.38. The highest BCUT2D eigenvalue weighted by Gasteiger charge is 2.18. The molecule has 1 amide bonds. The molecule has 0 aliphatic heterocycles. The van der Waals surface area contributed by atoms with Crippen LogP contribution in [0.4, 0.5) is 20.9 Å². The second kappa shape index (κ2) is 9.43. The zero-order valence-electron chi connectivity index (χ0n) is 15.2. The summed E-state index contributed by atoms with van der Waals surface area (Å²) in [6.45, 7) is 2.35. The second-order valence-corrected chi connectivity index (χ2v) is 7.96. The number of carbonyl (C=O) groups excluding carboxylic acids is 1. The lowest BCUT2D eigenvalue weighted by molar-refractivity contribution is -0.384. The number of hydrogen-bond acceptors (Lipinski definition) is 8. The molecule has 150 valence electrons. The molecule has 11 heteroatoms. The van der Waals surface area contributed by atoms with Crippen LogP contribution < -0.4 is 10.6 Å². The maximum absolute atomic E-state index is 12.9. The molecular weight excluding hydrogens is 417 g/mol. The van der Waals surface area contributed by atoms with E-state index in [2.05, 4.69) is 20.8 Å². The lowest BCUT2D eigenvalue weighted by Gasteiger charge is -2.06. The largest absolute Gasteiger partial charge is 0.380 e. The number of nitrogens with one attached hydrogen (secondary N) is 2. The minimum absolute atomic E-state index is 0.147. The van der Waals surface area contributed by atoms with E-state index in [-0.39, 0.29) is 22.2 Å². The first-order valence-electron chi connectivity index (χ1n) is 8.50. The second-order valence-electron chi connectivity index (χ2n) is 5.76. The summed E-state index contributed by atoms with van der Waals surface area (Å²) < 4.78 is 13.6. The third kappa shape index (κ3) is 5.48. The summed E-state index contributed by atoms with van der Waals surface area (Å²) in [5, 5.41) is 24.9. The summed E-state index contributed by atoms with van der Waals surface area (Å²) in [6, 6.07) is 10.4. The van der Waals surface area contributed by atoms with Crippen molar-refractivity contribution >= 4 is 45.5 Å². The number of carbonyl (C=O) groups is 1. The Labute approximate surface area is 173 Å². The topological polar surface area (TPSA) is 110 Å². The van der Waals surface area contributed by atoms with Crippen molar-refractivity contribution in [1.82, 2.24) is 10.2 Å². The molecule has 0 saturated carbocycles. The van der Waals surface area contributed by atoms with Crippen molar-refractivity contribution in [2.75, 3.05) is 17.2 Å². The first-order chi connectivity index (χ1) is 14.0. The predicted octanol–water partition coefficient (Wildman–Crippen LogP) is 4.56. The van der Waals surface area contributed by atoms with Gasteiger partial charge in [-0.3, -0.25) is 20.2 Å². The summed E-state index contributed by atoms with van der Waals surface area (Å²) >= 11 is 2.60. The van der Waals surface area contributed by atoms with Gasteiger partial charge in [-0.15, -0.1) is 10.2 Å². The van der Waals surface area contributed by atoms with Crippen LogP contribution >= 0.6 is 23.1 Å². The average molecular weight is 433 g/mol. The molecule has 3 rings (SSSR count). The SMILES string of the molecule is CCNc1ccc(C(=O)Nc2nnc(SCc3ccc(F)cc3)s2)cc1[N+](=O)[O-]. The van der Waals surface area contributed by atoms with Gasteiger partial charge < -0.3 is 5.32 Å². The minimum atomic E-state index is -0.538. The van der Waals surface area contributed by atoms with Crippen LogP contribution in [0.5, 0.6) is 0 Å². The van der Waals surface area contributed by atoms with E-state index < -0.39 is 10.8 Å². The van der Waals surface area contributed by atoms with Crippen molar-refractivity contribution < 1.29 is 14.1 Å². The van der Waals surface area contributed by atoms with Crippen LogP contribution in [0.3, 0.4) is 0 Å². The van der Waals surface area contributed by atoms with Crippen LogP contribution in [0.2, 0.25) is 0 Å². The van der Waals surface area contributed by atoms with Crippen LogP contribution in [0.25, 0.3) is 0 Å². The minimum Gasteiger partial charge on any atom is -0.380 e. The lowest BCUT2D eigenvalue weighted by atomic mass is 10.1. The van der Waals surface area contributed by atoms with E-state index in [9.17, 15) is 19.3 Å². The third-order valence-electron chi connectivity index (χ3n) is 3.73. The van der Waals surface area contributed by atoms with E-state index in [1.54, 1.807) is 12.1 Å². The quantitative estimate of drug-likeness (QED) is 0.232. The van der Waals surface area contributed by atoms with Crippen LogP contribution in [0, 0.1) is 15.9 Å². The first kappa shape index (κ1) is 20.7. The van der Waals surface area contributed by atoms with E-state index >= 15 is 0 Å². The number of aromatic nitrogens is 2. The number of nitro benzene ring substituents is 1. The maximum Gasteiger partial charge on any atom is 0.293 e. The zero-order chi connectivity index (χ0) is 20.8. The smallest absolute Gasteiger partial charge is 0.293 e. The van der Waals surface area contributed by atoms with Crippen molar-refractivity contribution in [3.8, 4) is 0 Å². The first-order valence-corrected chi connectivity index (χ1v) is 10.3. The van der Waals surface area contributed by atoms with Crippen molar-refractivity contribution in [3.63, 3.8) is 0 Å². The Morgan fingerprint density at radius 2 is 2.00 bits per heavy atom. The van der Waals surface area contributed by atoms with Gasteiger partial charge in [0.2, 0.25) is 5.13 Å². The van der Waals surface area contributed by atoms with Gasteiger partial charge in [0, 0.05) is 23.9 Å². The van der Waals surface area contributed by atoms with Crippen LogP contribution in [0.15, 0.2) is 46.8 Å². The number of hydrogen-bond donors (Lipinski definition) is 2. The van der Waals surface area contributed by atoms with Gasteiger partial charge in [0.25, 0.3) is 11.6 Å². The molecule has 0 aliphatic carbocycles. The number of halogens is 1. The fourth-order valence-corrected chi connectivity index (χ4v) is 4.08. The molecule has 0 saturated heterocycles. The fraction of sp³-hybridized carbons (Fsp3) is 0.167. The van der Waals surface area contributed by atoms with E-state index in [1.807, 2.05) is 6.92 Å². The normalized spacial score (nSPS) is 10.6. The Kier molecular flexibility index (Phi) is 6.73. The van der Waals surface area contributed by atoms with Crippen LogP contribution in [-0.4, -0.2) is 27.6 Å². The van der Waals surface area contributed by atoms with Gasteiger partial charge >= 0.3 is 0 Å². The molecule has 0 fully saturated rings. The Morgan fingerprint density at radius 1 is 1.24 bits per heavy atom. The molecule has 8 nitrogen and oxygen atoms in total. The number of thioether (sulfide) groups is 1. The van der Waals surface area contributed by atoms with E-state index in [4.69, 9.17) is 0 Å². The Balaban J connectivity index is 1.64. The van der Waals surface area contributed by atoms with Crippen LogP contribution in [0.1, 0.15) is 22.8 Å². The number of nitrogens with zero attached hydrogens (tertiary/aromatic N) is 3. The standard InChI is InChI=1S/C18H16FN5O3S2/c1-2-20-14-8-5-12(9-15(14)24(26)27)16(25)21-17-22-23-18(29-17)28-10-11-3-6-13(19)7-4-11/h3-9,20H,2,10H2,1H3,(H,21,22,25). The molecule has 1 aromatic heterocycles. The van der Waals surface area contributed by atoms with E-state index in [0.29, 0.717) is 22.3 Å². The molecule has 0 atom stereocenters. The number of benzene rings is 2. The summed E-state index contributed by atoms with van der Waals surface area (Å²) in [5.41, 5.74) is 1.26. The molecule has 0 spiro atoms. The van der Waals surface area contributed by atoms with E-state index in [1.165, 1.54) is 53.4 Å². The summed E-state index contributed by atoms with van der Waals surface area (Å²) in [5.74, 6) is -0.221. The molecule has 2 N–H and O–H groups in total. The third-order valence-corrected chi connectivity index (χ3v) is 5.77. The van der Waals surface area contributed by atoms with Crippen molar-refractivity contribution in [1.29, 1.82) is 0 Å². The highest BCUT2D eigenvalue weighted by Crippen LogP contribution is 2.29. The average Bonchev–Trinajstić information content (AvgIpc) is 3.15. The summed E-state index contributed by atoms with van der Waals surface area (Å²) in [7, 11) is 0. The number of nitro groups is 1. The molecule has 2 aromatic carbocycles. The van der Waals surface area contributed by atoms with E-state index in [0.717, 1.165) is 5.56 Å². The lowest BCUT2D eigenvalue weighted by Crippen LogP contribution is -2.12. The Hall–Kier alpha value is -3.05. The van der Waals surface area contributed by atoms with Gasteiger partial charge in [0.15, 0.2) is 4.34 Å². The molecule has 3 aromatic rings. The van der Waals surface area contributed by atoms with Gasteiger partial charge in [-0.1, -0.05) is 35.2 Å². The maximum atomic E-state index is 12.9. The van der Waals surface area contributed by atoms with Gasteiger partial charge in [-0.2, -0.15) is 0 Å². The molecule has 0 bridgehead atoms. The van der Waals surface area contributed by atoms with Gasteiger partial charge in [-0.25, -0.2) is 4.39 Å². The highest BCUT2D eigenvalue weighted by molar-refractivity contribution is 8.00. The van der Waals surface area contributed by atoms with Gasteiger partial charge in [-0.05, 0) is 36.8 Å². The molecule has 0 radical (unpaired) electrons. The molecular formula is C18H16FN5O3S2. The highest BCUT2D eigenvalue weighted by atomic mass is 32.2. The number of amides is 1.